The zero-order valence-corrected chi connectivity index (χ0v) is 13.8. The molecular formula is C18H20F2N4O. The predicted octanol–water partition coefficient (Wildman–Crippen LogP) is 3.42. The number of carbonyl (C=O) groups excluding carboxylic acids is 1. The first kappa shape index (κ1) is 16.2. The van der Waals surface area contributed by atoms with Gasteiger partial charge in [0.2, 0.25) is 5.91 Å². The first-order valence-electron chi connectivity index (χ1n) is 8.76. The smallest absolute Gasteiger partial charge is 0.224 e. The van der Waals surface area contributed by atoms with Crippen molar-refractivity contribution in [3.63, 3.8) is 0 Å². The number of nitrogens with one attached hydrogen (secondary N) is 1. The molecule has 1 fully saturated rings. The Morgan fingerprint density at radius 3 is 2.60 bits per heavy atom. The highest BCUT2D eigenvalue weighted by Crippen LogP contribution is 2.40. The predicted molar refractivity (Wildman–Crippen MR) is 88.0 cm³/mol. The molecule has 4 rings (SSSR count). The molecule has 7 heteroatoms. The van der Waals surface area contributed by atoms with Gasteiger partial charge in [0.05, 0.1) is 0 Å². The van der Waals surface area contributed by atoms with Gasteiger partial charge < -0.3 is 9.88 Å². The molecule has 2 aromatic rings. The Hall–Kier alpha value is -2.31. The van der Waals surface area contributed by atoms with E-state index in [1.165, 1.54) is 12.8 Å². The van der Waals surface area contributed by atoms with E-state index in [9.17, 15) is 13.6 Å². The second-order valence-electron chi connectivity index (χ2n) is 7.00. The van der Waals surface area contributed by atoms with Crippen molar-refractivity contribution < 1.29 is 13.6 Å². The second-order valence-corrected chi connectivity index (χ2v) is 7.00. The van der Waals surface area contributed by atoms with E-state index in [2.05, 4.69) is 20.1 Å². The van der Waals surface area contributed by atoms with Crippen LogP contribution in [0.25, 0.3) is 0 Å². The number of benzene rings is 1. The molecular weight excluding hydrogens is 326 g/mol. The van der Waals surface area contributed by atoms with Crippen molar-refractivity contribution in [3.8, 4) is 0 Å². The monoisotopic (exact) mass is 346 g/mol. The summed E-state index contributed by atoms with van der Waals surface area (Å²) >= 11 is 0. The lowest BCUT2D eigenvalue weighted by atomic mass is 9.96. The SMILES string of the molecule is O=C(CC1CCc2nnc(C3CC3)n2CC1)Nc1cc(F)cc(F)c1. The van der Waals surface area contributed by atoms with E-state index in [1.54, 1.807) is 0 Å². The molecule has 1 aromatic heterocycles. The highest BCUT2D eigenvalue weighted by molar-refractivity contribution is 5.90. The van der Waals surface area contributed by atoms with Gasteiger partial charge in [0.25, 0.3) is 0 Å². The number of halogens is 2. The molecule has 1 atom stereocenters. The summed E-state index contributed by atoms with van der Waals surface area (Å²) in [7, 11) is 0. The van der Waals surface area contributed by atoms with Gasteiger partial charge in [0.15, 0.2) is 0 Å². The number of fused-ring (bicyclic) bond motifs is 1. The summed E-state index contributed by atoms with van der Waals surface area (Å²) < 4.78 is 28.6. The molecule has 1 aromatic carbocycles. The summed E-state index contributed by atoms with van der Waals surface area (Å²) in [6.45, 7) is 0.834. The van der Waals surface area contributed by atoms with Gasteiger partial charge in [-0.05, 0) is 43.7 Å². The maximum atomic E-state index is 13.2. The molecule has 1 unspecified atom stereocenters. The van der Waals surface area contributed by atoms with Crippen molar-refractivity contribution in [1.82, 2.24) is 14.8 Å². The van der Waals surface area contributed by atoms with Crippen LogP contribution in [0.3, 0.4) is 0 Å². The van der Waals surface area contributed by atoms with Gasteiger partial charge in [-0.25, -0.2) is 8.78 Å². The Bertz CT molecular complexity index is 780. The zero-order valence-electron chi connectivity index (χ0n) is 13.8. The fourth-order valence-electron chi connectivity index (χ4n) is 3.51. The quantitative estimate of drug-likeness (QED) is 0.923. The maximum Gasteiger partial charge on any atom is 0.224 e. The maximum absolute atomic E-state index is 13.2. The van der Waals surface area contributed by atoms with Gasteiger partial charge in [-0.1, -0.05) is 0 Å². The molecule has 2 aliphatic rings. The van der Waals surface area contributed by atoms with Gasteiger partial charge in [-0.2, -0.15) is 0 Å². The molecule has 1 saturated carbocycles. The Morgan fingerprint density at radius 2 is 1.88 bits per heavy atom. The summed E-state index contributed by atoms with van der Waals surface area (Å²) in [4.78, 5) is 12.2. The molecule has 0 spiro atoms. The minimum absolute atomic E-state index is 0.157. The molecule has 25 heavy (non-hydrogen) atoms. The number of amides is 1. The van der Waals surface area contributed by atoms with Crippen LogP contribution in [-0.4, -0.2) is 20.7 Å². The highest BCUT2D eigenvalue weighted by atomic mass is 19.1. The summed E-state index contributed by atoms with van der Waals surface area (Å²) in [6.07, 6.45) is 5.28. The van der Waals surface area contributed by atoms with Crippen LogP contribution in [-0.2, 0) is 17.8 Å². The molecule has 0 saturated heterocycles. The third kappa shape index (κ3) is 3.70. The number of carbonyl (C=O) groups is 1. The fourth-order valence-corrected chi connectivity index (χ4v) is 3.51. The average molecular weight is 346 g/mol. The summed E-state index contributed by atoms with van der Waals surface area (Å²) in [5.41, 5.74) is 0.157. The molecule has 0 radical (unpaired) electrons. The molecule has 132 valence electrons. The number of aryl methyl sites for hydroxylation is 1. The van der Waals surface area contributed by atoms with Crippen LogP contribution in [0, 0.1) is 17.6 Å². The van der Waals surface area contributed by atoms with Crippen LogP contribution in [0.15, 0.2) is 18.2 Å². The first-order valence-corrected chi connectivity index (χ1v) is 8.76. The summed E-state index contributed by atoms with van der Waals surface area (Å²) in [5, 5.41) is 11.2. The van der Waals surface area contributed by atoms with E-state index in [1.807, 2.05) is 0 Å². The number of nitrogens with zero attached hydrogens (tertiary/aromatic N) is 3. The zero-order chi connectivity index (χ0) is 17.4. The van der Waals surface area contributed by atoms with Crippen molar-refractivity contribution in [2.45, 2.75) is 51.0 Å². The van der Waals surface area contributed by atoms with E-state index < -0.39 is 11.6 Å². The minimum atomic E-state index is -0.699. The first-order chi connectivity index (χ1) is 12.1. The van der Waals surface area contributed by atoms with Crippen molar-refractivity contribution in [3.05, 3.63) is 41.5 Å². The van der Waals surface area contributed by atoms with Gasteiger partial charge in [0.1, 0.15) is 23.3 Å². The third-order valence-corrected chi connectivity index (χ3v) is 4.96. The standard InChI is InChI=1S/C18H20F2N4O/c19-13-8-14(20)10-15(9-13)21-17(25)7-11-1-4-16-22-23-18(12-2-3-12)24(16)6-5-11/h8-12H,1-7H2,(H,21,25). The average Bonchev–Trinajstić information content (AvgIpc) is 3.33. The number of rotatable bonds is 4. The van der Waals surface area contributed by atoms with Crippen molar-refractivity contribution in [2.75, 3.05) is 5.32 Å². The Morgan fingerprint density at radius 1 is 1.12 bits per heavy atom. The lowest BCUT2D eigenvalue weighted by Crippen LogP contribution is -2.17. The normalized spacial score (nSPS) is 20.0. The van der Waals surface area contributed by atoms with Gasteiger partial charge in [0, 0.05) is 37.1 Å². The van der Waals surface area contributed by atoms with Gasteiger partial charge in [-0.3, -0.25) is 4.79 Å². The summed E-state index contributed by atoms with van der Waals surface area (Å²) in [6, 6.07) is 3.03. The van der Waals surface area contributed by atoms with E-state index in [4.69, 9.17) is 0 Å². The van der Waals surface area contributed by atoms with Crippen LogP contribution in [0.1, 0.15) is 49.7 Å². The Balaban J connectivity index is 1.36. The van der Waals surface area contributed by atoms with Crippen molar-refractivity contribution in [1.29, 1.82) is 0 Å². The Labute approximate surface area is 144 Å². The van der Waals surface area contributed by atoms with Crippen molar-refractivity contribution in [2.24, 2.45) is 5.92 Å². The number of hydrogen-bond donors (Lipinski definition) is 1. The molecule has 2 heterocycles. The fraction of sp³-hybridized carbons (Fsp3) is 0.500. The molecule has 1 aliphatic heterocycles. The number of aromatic nitrogens is 3. The molecule has 5 nitrogen and oxygen atoms in total. The van der Waals surface area contributed by atoms with Crippen LogP contribution < -0.4 is 5.32 Å². The third-order valence-electron chi connectivity index (χ3n) is 4.96. The van der Waals surface area contributed by atoms with E-state index in [0.717, 1.165) is 55.7 Å². The van der Waals surface area contributed by atoms with E-state index in [-0.39, 0.29) is 17.5 Å². The molecule has 1 aliphatic carbocycles. The topological polar surface area (TPSA) is 59.8 Å². The van der Waals surface area contributed by atoms with Crippen LogP contribution in [0.5, 0.6) is 0 Å². The molecule has 1 amide bonds. The lowest BCUT2D eigenvalue weighted by molar-refractivity contribution is -0.117. The Kier molecular flexibility index (Phi) is 4.23. The van der Waals surface area contributed by atoms with Gasteiger partial charge in [-0.15, -0.1) is 10.2 Å². The number of hydrogen-bond acceptors (Lipinski definition) is 3. The molecule has 1 N–H and O–H groups in total. The molecule has 0 bridgehead atoms. The van der Waals surface area contributed by atoms with E-state index >= 15 is 0 Å². The van der Waals surface area contributed by atoms with Crippen LogP contribution in [0.2, 0.25) is 0 Å². The lowest BCUT2D eigenvalue weighted by Gasteiger charge is -2.14. The van der Waals surface area contributed by atoms with Gasteiger partial charge >= 0.3 is 0 Å². The summed E-state index contributed by atoms with van der Waals surface area (Å²) in [5.74, 6) is 1.28. The highest BCUT2D eigenvalue weighted by Gasteiger charge is 2.31. The number of anilines is 1. The van der Waals surface area contributed by atoms with E-state index in [0.29, 0.717) is 12.3 Å². The second kappa shape index (κ2) is 6.54. The largest absolute Gasteiger partial charge is 0.326 e. The minimum Gasteiger partial charge on any atom is -0.326 e. The van der Waals surface area contributed by atoms with Crippen LogP contribution >= 0.6 is 0 Å². The van der Waals surface area contributed by atoms with Crippen LogP contribution in [0.4, 0.5) is 14.5 Å². The van der Waals surface area contributed by atoms with Crippen molar-refractivity contribution >= 4 is 11.6 Å².